The highest BCUT2D eigenvalue weighted by Gasteiger charge is 2.24. The molecular formula is C22H35N3O6S. The van der Waals surface area contributed by atoms with Crippen molar-refractivity contribution in [2.45, 2.75) is 30.6 Å². The molecule has 0 bridgehead atoms. The van der Waals surface area contributed by atoms with E-state index in [1.807, 2.05) is 4.90 Å². The quantitative estimate of drug-likeness (QED) is 0.552. The molecule has 10 heteroatoms. The van der Waals surface area contributed by atoms with Gasteiger partial charge in [-0.15, -0.1) is 0 Å². The van der Waals surface area contributed by atoms with Gasteiger partial charge in [0.1, 0.15) is 0 Å². The number of piperidine rings is 1. The van der Waals surface area contributed by atoms with Gasteiger partial charge in [0.2, 0.25) is 15.9 Å². The number of nitrogens with zero attached hydrogens (tertiary/aromatic N) is 2. The van der Waals surface area contributed by atoms with Crippen LogP contribution in [0.2, 0.25) is 0 Å². The molecule has 0 aliphatic carbocycles. The molecule has 0 atom stereocenters. The molecule has 1 amide bonds. The van der Waals surface area contributed by atoms with Gasteiger partial charge in [-0.3, -0.25) is 9.69 Å². The Bertz CT molecular complexity index is 849. The third-order valence-corrected chi connectivity index (χ3v) is 7.68. The summed E-state index contributed by atoms with van der Waals surface area (Å²) in [5.74, 6) is 1.43. The van der Waals surface area contributed by atoms with E-state index in [1.165, 1.54) is 26.4 Å². The Hall–Kier alpha value is -1.88. The number of likely N-dealkylation sites (tertiary alicyclic amines) is 1. The highest BCUT2D eigenvalue weighted by Crippen LogP contribution is 2.29. The average Bonchev–Trinajstić information content (AvgIpc) is 2.83. The second-order valence-electron chi connectivity index (χ2n) is 8.23. The summed E-state index contributed by atoms with van der Waals surface area (Å²) in [6, 6.07) is 4.40. The van der Waals surface area contributed by atoms with E-state index in [0.29, 0.717) is 17.4 Å². The van der Waals surface area contributed by atoms with Gasteiger partial charge < -0.3 is 19.1 Å². The lowest BCUT2D eigenvalue weighted by atomic mass is 9.93. The fourth-order valence-electron chi connectivity index (χ4n) is 4.18. The van der Waals surface area contributed by atoms with Crippen molar-refractivity contribution >= 4 is 15.9 Å². The minimum absolute atomic E-state index is 0.00774. The number of ether oxygens (including phenoxy) is 3. The van der Waals surface area contributed by atoms with Crippen LogP contribution in [-0.4, -0.2) is 90.8 Å². The van der Waals surface area contributed by atoms with Crippen molar-refractivity contribution in [3.8, 4) is 11.5 Å². The molecule has 3 rings (SSSR count). The van der Waals surface area contributed by atoms with E-state index >= 15 is 0 Å². The van der Waals surface area contributed by atoms with Crippen LogP contribution >= 0.6 is 0 Å². The molecule has 0 radical (unpaired) electrons. The summed E-state index contributed by atoms with van der Waals surface area (Å²) in [6.07, 6.45) is 3.32. The Balaban J connectivity index is 1.39. The SMILES string of the molecule is COc1ccc(S(=O)(=O)NCCC(=O)N2CCC(CCN3CCOCC3)CC2)cc1OC. The number of sulfonamides is 1. The standard InChI is InChI=1S/C22H35N3O6S/c1-29-20-4-3-19(17-21(20)30-2)32(27,28)23-9-5-22(26)25-11-7-18(8-12-25)6-10-24-13-15-31-16-14-24/h3-4,17-18,23H,5-16H2,1-2H3. The topological polar surface area (TPSA) is 97.4 Å². The molecule has 0 unspecified atom stereocenters. The summed E-state index contributed by atoms with van der Waals surface area (Å²) < 4.78 is 43.3. The molecule has 1 aromatic carbocycles. The summed E-state index contributed by atoms with van der Waals surface area (Å²) in [6.45, 7) is 6.31. The number of rotatable bonds is 10. The maximum absolute atomic E-state index is 12.6. The number of carbonyl (C=O) groups is 1. The predicted octanol–water partition coefficient (Wildman–Crippen LogP) is 1.33. The summed E-state index contributed by atoms with van der Waals surface area (Å²) in [4.78, 5) is 16.9. The Morgan fingerprint density at radius 1 is 1.09 bits per heavy atom. The second-order valence-corrected chi connectivity index (χ2v) is 10.00. The zero-order chi connectivity index (χ0) is 23.0. The Morgan fingerprint density at radius 2 is 1.78 bits per heavy atom. The number of methoxy groups -OCH3 is 2. The first-order chi connectivity index (χ1) is 15.4. The molecule has 1 N–H and O–H groups in total. The van der Waals surface area contributed by atoms with Crippen LogP contribution in [-0.2, 0) is 19.6 Å². The molecule has 2 saturated heterocycles. The van der Waals surface area contributed by atoms with E-state index in [0.717, 1.165) is 65.2 Å². The molecular weight excluding hydrogens is 434 g/mol. The van der Waals surface area contributed by atoms with Crippen LogP contribution in [0, 0.1) is 5.92 Å². The molecule has 2 heterocycles. The van der Waals surface area contributed by atoms with Crippen molar-refractivity contribution < 1.29 is 27.4 Å². The average molecular weight is 470 g/mol. The van der Waals surface area contributed by atoms with Crippen molar-refractivity contribution in [1.29, 1.82) is 0 Å². The van der Waals surface area contributed by atoms with Gasteiger partial charge in [0.05, 0.1) is 32.3 Å². The molecule has 0 spiro atoms. The maximum Gasteiger partial charge on any atom is 0.240 e. The molecule has 2 fully saturated rings. The summed E-state index contributed by atoms with van der Waals surface area (Å²) in [7, 11) is -0.802. The number of morpholine rings is 1. The van der Waals surface area contributed by atoms with Crippen LogP contribution < -0.4 is 14.2 Å². The van der Waals surface area contributed by atoms with Gasteiger partial charge >= 0.3 is 0 Å². The fourth-order valence-corrected chi connectivity index (χ4v) is 5.23. The molecule has 0 aromatic heterocycles. The maximum atomic E-state index is 12.6. The van der Waals surface area contributed by atoms with Crippen LogP contribution in [0.25, 0.3) is 0 Å². The summed E-state index contributed by atoms with van der Waals surface area (Å²) >= 11 is 0. The fraction of sp³-hybridized carbons (Fsp3) is 0.682. The first-order valence-electron chi connectivity index (χ1n) is 11.2. The largest absolute Gasteiger partial charge is 0.493 e. The number of hydrogen-bond donors (Lipinski definition) is 1. The third kappa shape index (κ3) is 6.81. The van der Waals surface area contributed by atoms with E-state index in [4.69, 9.17) is 14.2 Å². The van der Waals surface area contributed by atoms with Crippen LogP contribution in [0.1, 0.15) is 25.7 Å². The van der Waals surface area contributed by atoms with Crippen molar-refractivity contribution in [1.82, 2.24) is 14.5 Å². The highest BCUT2D eigenvalue weighted by atomic mass is 32.2. The van der Waals surface area contributed by atoms with Crippen LogP contribution in [0.15, 0.2) is 23.1 Å². The zero-order valence-corrected chi connectivity index (χ0v) is 19.9. The Labute approximate surface area is 191 Å². The van der Waals surface area contributed by atoms with Gasteiger partial charge in [0, 0.05) is 45.2 Å². The number of carbonyl (C=O) groups excluding carboxylic acids is 1. The normalized spacial score (nSPS) is 18.5. The first-order valence-corrected chi connectivity index (χ1v) is 12.7. The van der Waals surface area contributed by atoms with Gasteiger partial charge in [-0.1, -0.05) is 0 Å². The second kappa shape index (κ2) is 11.8. The van der Waals surface area contributed by atoms with Gasteiger partial charge in [-0.2, -0.15) is 0 Å². The summed E-state index contributed by atoms with van der Waals surface area (Å²) in [5, 5.41) is 0. The van der Waals surface area contributed by atoms with Crippen molar-refractivity contribution in [3.63, 3.8) is 0 Å². The number of benzene rings is 1. The number of hydrogen-bond acceptors (Lipinski definition) is 7. The zero-order valence-electron chi connectivity index (χ0n) is 19.0. The van der Waals surface area contributed by atoms with E-state index in [-0.39, 0.29) is 23.8 Å². The highest BCUT2D eigenvalue weighted by molar-refractivity contribution is 7.89. The molecule has 180 valence electrons. The van der Waals surface area contributed by atoms with Gasteiger partial charge in [0.25, 0.3) is 0 Å². The van der Waals surface area contributed by atoms with Crippen LogP contribution in [0.4, 0.5) is 0 Å². The monoisotopic (exact) mass is 469 g/mol. The van der Waals surface area contributed by atoms with Crippen molar-refractivity contribution in [2.24, 2.45) is 5.92 Å². The molecule has 1 aromatic rings. The lowest BCUT2D eigenvalue weighted by molar-refractivity contribution is -0.132. The van der Waals surface area contributed by atoms with E-state index in [9.17, 15) is 13.2 Å². The van der Waals surface area contributed by atoms with Crippen LogP contribution in [0.5, 0.6) is 11.5 Å². The van der Waals surface area contributed by atoms with E-state index in [1.54, 1.807) is 6.07 Å². The molecule has 0 saturated carbocycles. The van der Waals surface area contributed by atoms with Gasteiger partial charge in [-0.25, -0.2) is 13.1 Å². The van der Waals surface area contributed by atoms with Gasteiger partial charge in [0.15, 0.2) is 11.5 Å². The molecule has 2 aliphatic rings. The van der Waals surface area contributed by atoms with Crippen molar-refractivity contribution in [3.05, 3.63) is 18.2 Å². The molecule has 9 nitrogen and oxygen atoms in total. The predicted molar refractivity (Wildman–Crippen MR) is 121 cm³/mol. The van der Waals surface area contributed by atoms with Crippen molar-refractivity contribution in [2.75, 3.05) is 66.7 Å². The van der Waals surface area contributed by atoms with Gasteiger partial charge in [-0.05, 0) is 43.9 Å². The number of nitrogens with one attached hydrogen (secondary N) is 1. The smallest absolute Gasteiger partial charge is 0.240 e. The van der Waals surface area contributed by atoms with E-state index < -0.39 is 10.0 Å². The Morgan fingerprint density at radius 3 is 2.44 bits per heavy atom. The molecule has 32 heavy (non-hydrogen) atoms. The van der Waals surface area contributed by atoms with Crippen LogP contribution in [0.3, 0.4) is 0 Å². The molecule has 2 aliphatic heterocycles. The third-order valence-electron chi connectivity index (χ3n) is 6.22. The first kappa shape index (κ1) is 24.8. The minimum atomic E-state index is -3.74. The minimum Gasteiger partial charge on any atom is -0.493 e. The summed E-state index contributed by atoms with van der Waals surface area (Å²) in [5.41, 5.74) is 0. The van der Waals surface area contributed by atoms with E-state index in [2.05, 4.69) is 9.62 Å². The lowest BCUT2D eigenvalue weighted by Gasteiger charge is -2.34. The lowest BCUT2D eigenvalue weighted by Crippen LogP contribution is -2.41. The Kier molecular flexibility index (Phi) is 9.15. The number of amides is 1.